The third kappa shape index (κ3) is 4.58. The van der Waals surface area contributed by atoms with Crippen LogP contribution in [0.2, 0.25) is 0 Å². The van der Waals surface area contributed by atoms with Crippen LogP contribution in [-0.2, 0) is 17.6 Å². The molecule has 0 aromatic carbocycles. The molecule has 0 spiro atoms. The van der Waals surface area contributed by atoms with Crippen LogP contribution in [-0.4, -0.2) is 17.6 Å². The van der Waals surface area contributed by atoms with Gasteiger partial charge in [0, 0.05) is 4.88 Å². The number of hydrogen-bond acceptors (Lipinski definition) is 4. The maximum absolute atomic E-state index is 11.8. The summed E-state index contributed by atoms with van der Waals surface area (Å²) in [5.41, 5.74) is 1.15. The Bertz CT molecular complexity index is 399. The third-order valence-corrected chi connectivity index (χ3v) is 4.93. The van der Waals surface area contributed by atoms with Gasteiger partial charge in [-0.25, -0.2) is 9.78 Å². The Morgan fingerprint density at radius 3 is 2.30 bits per heavy atom. The molecule has 0 amide bonds. The number of nitrogens with zero attached hydrogens (tertiary/aromatic N) is 1. The molecule has 0 fully saturated rings. The second-order valence-electron chi connectivity index (χ2n) is 5.44. The fourth-order valence-electron chi connectivity index (χ4n) is 2.69. The number of ether oxygens (including phenoxy) is 1. The summed E-state index contributed by atoms with van der Waals surface area (Å²) >= 11 is 1.55. The largest absolute Gasteiger partial charge is 0.461 e. The molecular formula is C16H25NO2S. The summed E-state index contributed by atoms with van der Waals surface area (Å²) in [5.74, 6) is -0.255. The van der Waals surface area contributed by atoms with Crippen molar-refractivity contribution in [2.45, 2.75) is 71.1 Å². The highest BCUT2D eigenvalue weighted by Crippen LogP contribution is 2.25. The molecular weight excluding hydrogens is 270 g/mol. The number of hydrogen-bond donors (Lipinski definition) is 0. The van der Waals surface area contributed by atoms with Crippen molar-refractivity contribution >= 4 is 17.3 Å². The van der Waals surface area contributed by atoms with E-state index in [4.69, 9.17) is 4.74 Å². The van der Waals surface area contributed by atoms with E-state index in [1.807, 2.05) is 6.92 Å². The zero-order chi connectivity index (χ0) is 14.2. The molecule has 0 unspecified atom stereocenters. The average molecular weight is 295 g/mol. The lowest BCUT2D eigenvalue weighted by Gasteiger charge is -2.06. The molecule has 0 atom stereocenters. The van der Waals surface area contributed by atoms with Crippen LogP contribution in [0.25, 0.3) is 0 Å². The van der Waals surface area contributed by atoms with Crippen LogP contribution in [0.15, 0.2) is 0 Å². The van der Waals surface area contributed by atoms with Gasteiger partial charge in [0.15, 0.2) is 0 Å². The first-order valence-electron chi connectivity index (χ1n) is 7.97. The van der Waals surface area contributed by atoms with Gasteiger partial charge in [-0.05, 0) is 32.6 Å². The van der Waals surface area contributed by atoms with Gasteiger partial charge >= 0.3 is 5.97 Å². The highest BCUT2D eigenvalue weighted by molar-refractivity contribution is 7.13. The first-order valence-corrected chi connectivity index (χ1v) is 8.78. The minimum absolute atomic E-state index is 0.255. The van der Waals surface area contributed by atoms with E-state index in [9.17, 15) is 4.79 Å². The zero-order valence-corrected chi connectivity index (χ0v) is 13.3. The Labute approximate surface area is 125 Å². The van der Waals surface area contributed by atoms with Crippen LogP contribution >= 0.6 is 11.3 Å². The Morgan fingerprint density at radius 1 is 1.05 bits per heavy atom. The highest BCUT2D eigenvalue weighted by atomic mass is 32.1. The summed E-state index contributed by atoms with van der Waals surface area (Å²) in [7, 11) is 0. The maximum Gasteiger partial charge on any atom is 0.367 e. The number of rotatable bonds is 2. The Balaban J connectivity index is 2.06. The van der Waals surface area contributed by atoms with Crippen LogP contribution in [0.4, 0.5) is 0 Å². The molecule has 1 aromatic rings. The number of fused-ring (bicyclic) bond motifs is 1. The summed E-state index contributed by atoms with van der Waals surface area (Å²) < 4.78 is 5.07. The summed E-state index contributed by atoms with van der Waals surface area (Å²) in [5, 5.41) is 0.548. The van der Waals surface area contributed by atoms with Crippen molar-refractivity contribution in [2.75, 3.05) is 6.61 Å². The molecule has 0 bridgehead atoms. The van der Waals surface area contributed by atoms with Gasteiger partial charge in [-0.2, -0.15) is 0 Å². The monoisotopic (exact) mass is 295 g/mol. The molecule has 1 aliphatic carbocycles. The van der Waals surface area contributed by atoms with Gasteiger partial charge < -0.3 is 4.74 Å². The van der Waals surface area contributed by atoms with Gasteiger partial charge in [0.05, 0.1) is 12.3 Å². The maximum atomic E-state index is 11.8. The van der Waals surface area contributed by atoms with Crippen LogP contribution in [0, 0.1) is 0 Å². The highest BCUT2D eigenvalue weighted by Gasteiger charge is 2.17. The number of carbonyl (C=O) groups excluding carboxylic acids is 1. The molecule has 4 heteroatoms. The van der Waals surface area contributed by atoms with E-state index >= 15 is 0 Å². The van der Waals surface area contributed by atoms with Crippen molar-refractivity contribution in [1.82, 2.24) is 4.98 Å². The molecule has 1 aliphatic rings. The first-order chi connectivity index (χ1) is 9.81. The van der Waals surface area contributed by atoms with Gasteiger partial charge in [-0.1, -0.05) is 38.5 Å². The summed E-state index contributed by atoms with van der Waals surface area (Å²) in [6, 6.07) is 0. The Morgan fingerprint density at radius 2 is 1.65 bits per heavy atom. The number of aromatic nitrogens is 1. The molecule has 3 nitrogen and oxygen atoms in total. The third-order valence-electron chi connectivity index (χ3n) is 3.80. The van der Waals surface area contributed by atoms with Crippen molar-refractivity contribution in [2.24, 2.45) is 0 Å². The van der Waals surface area contributed by atoms with E-state index in [2.05, 4.69) is 4.98 Å². The lowest BCUT2D eigenvalue weighted by molar-refractivity contribution is 0.0525. The molecule has 0 N–H and O–H groups in total. The van der Waals surface area contributed by atoms with Crippen LogP contribution in [0.1, 0.15) is 78.7 Å². The SMILES string of the molecule is CCOC(=O)c1nc2c(s1)CCCCCCCCCC2. The van der Waals surface area contributed by atoms with Crippen molar-refractivity contribution in [3.8, 4) is 0 Å². The molecule has 0 aliphatic heterocycles. The molecule has 1 heterocycles. The molecule has 1 aromatic heterocycles. The summed E-state index contributed by atoms with van der Waals surface area (Å²) in [4.78, 5) is 17.7. The second kappa shape index (κ2) is 8.40. The van der Waals surface area contributed by atoms with Gasteiger partial charge in [-0.3, -0.25) is 0 Å². The predicted octanol–water partition coefficient (Wildman–Crippen LogP) is 4.54. The fourth-order valence-corrected chi connectivity index (χ4v) is 3.74. The van der Waals surface area contributed by atoms with Crippen LogP contribution in [0.5, 0.6) is 0 Å². The molecule has 2 rings (SSSR count). The summed E-state index contributed by atoms with van der Waals surface area (Å²) in [6.07, 6.45) is 12.5. The minimum Gasteiger partial charge on any atom is -0.461 e. The number of thiazole rings is 1. The van der Waals surface area contributed by atoms with Crippen molar-refractivity contribution in [3.05, 3.63) is 15.6 Å². The van der Waals surface area contributed by atoms with Gasteiger partial charge in [0.1, 0.15) is 0 Å². The van der Waals surface area contributed by atoms with Gasteiger partial charge in [-0.15, -0.1) is 11.3 Å². The van der Waals surface area contributed by atoms with Crippen molar-refractivity contribution in [3.63, 3.8) is 0 Å². The Hall–Kier alpha value is -0.900. The zero-order valence-electron chi connectivity index (χ0n) is 12.5. The van der Waals surface area contributed by atoms with Crippen LogP contribution in [0.3, 0.4) is 0 Å². The van der Waals surface area contributed by atoms with E-state index in [0.29, 0.717) is 11.6 Å². The van der Waals surface area contributed by atoms with E-state index < -0.39 is 0 Å². The number of aryl methyl sites for hydroxylation is 2. The van der Waals surface area contributed by atoms with Crippen molar-refractivity contribution in [1.29, 1.82) is 0 Å². The normalized spacial score (nSPS) is 17.6. The van der Waals surface area contributed by atoms with Gasteiger partial charge in [0.2, 0.25) is 5.01 Å². The summed E-state index contributed by atoms with van der Waals surface area (Å²) in [6.45, 7) is 2.26. The van der Waals surface area contributed by atoms with E-state index in [1.54, 1.807) is 11.3 Å². The average Bonchev–Trinajstić information content (AvgIpc) is 2.82. The lowest BCUT2D eigenvalue weighted by atomic mass is 10.0. The molecule has 0 saturated heterocycles. The quantitative estimate of drug-likeness (QED) is 0.752. The predicted molar refractivity (Wildman–Crippen MR) is 82.4 cm³/mol. The molecule has 20 heavy (non-hydrogen) atoms. The van der Waals surface area contributed by atoms with Crippen LogP contribution < -0.4 is 0 Å². The van der Waals surface area contributed by atoms with Gasteiger partial charge in [0.25, 0.3) is 0 Å². The van der Waals surface area contributed by atoms with E-state index in [0.717, 1.165) is 18.5 Å². The van der Waals surface area contributed by atoms with Crippen molar-refractivity contribution < 1.29 is 9.53 Å². The van der Waals surface area contributed by atoms with E-state index in [1.165, 1.54) is 56.2 Å². The first kappa shape index (κ1) is 15.5. The smallest absolute Gasteiger partial charge is 0.367 e. The standard InChI is InChI=1S/C16H25NO2S/c1-2-19-16(18)15-17-13-11-9-7-5-3-4-6-8-10-12-14(13)20-15/h2-12H2,1H3. The number of carbonyl (C=O) groups is 1. The lowest BCUT2D eigenvalue weighted by Crippen LogP contribution is -2.04. The van der Waals surface area contributed by atoms with E-state index in [-0.39, 0.29) is 5.97 Å². The second-order valence-corrected chi connectivity index (χ2v) is 6.52. The fraction of sp³-hybridized carbons (Fsp3) is 0.750. The molecule has 0 saturated carbocycles. The Kier molecular flexibility index (Phi) is 6.51. The minimum atomic E-state index is -0.255. The topological polar surface area (TPSA) is 39.2 Å². The molecule has 112 valence electrons. The molecule has 0 radical (unpaired) electrons. The number of esters is 1.